The van der Waals surface area contributed by atoms with Crippen molar-refractivity contribution in [2.24, 2.45) is 0 Å². The summed E-state index contributed by atoms with van der Waals surface area (Å²) in [6.45, 7) is 1.39. The van der Waals surface area contributed by atoms with E-state index in [1.54, 1.807) is 48.5 Å². The Balaban J connectivity index is 1.67. The van der Waals surface area contributed by atoms with Gasteiger partial charge in [-0.2, -0.15) is 0 Å². The molecule has 1 atom stereocenters. The molecule has 2 aromatic rings. The molecule has 1 unspecified atom stereocenters. The van der Waals surface area contributed by atoms with Crippen LogP contribution in [-0.4, -0.2) is 29.7 Å². The summed E-state index contributed by atoms with van der Waals surface area (Å²) in [5.41, 5.74) is 1.76. The topological polar surface area (TPSA) is 116 Å². The predicted molar refractivity (Wildman–Crippen MR) is 100 cm³/mol. The van der Waals surface area contributed by atoms with Gasteiger partial charge in [0.15, 0.2) is 0 Å². The van der Waals surface area contributed by atoms with Gasteiger partial charge in [0.25, 0.3) is 5.91 Å². The number of para-hydroxylation sites is 1. The minimum absolute atomic E-state index is 0.226. The van der Waals surface area contributed by atoms with E-state index >= 15 is 0 Å². The average molecular weight is 366 g/mol. The minimum Gasteiger partial charge on any atom is -0.340 e. The van der Waals surface area contributed by atoms with Crippen LogP contribution >= 0.6 is 0 Å². The molecule has 0 radical (unpaired) electrons. The van der Waals surface area contributed by atoms with Crippen molar-refractivity contribution in [3.8, 4) is 0 Å². The maximum absolute atomic E-state index is 12.3. The molecule has 0 spiro atoms. The first-order chi connectivity index (χ1) is 12.9. The first-order valence-electron chi connectivity index (χ1n) is 8.30. The zero-order valence-corrected chi connectivity index (χ0v) is 14.5. The number of benzene rings is 2. The molecule has 3 rings (SSSR count). The lowest BCUT2D eigenvalue weighted by molar-refractivity contribution is -0.122. The van der Waals surface area contributed by atoms with E-state index in [4.69, 9.17) is 0 Å². The molecule has 8 heteroatoms. The van der Waals surface area contributed by atoms with Crippen LogP contribution in [-0.2, 0) is 14.4 Å². The second-order valence-electron chi connectivity index (χ2n) is 6.08. The van der Waals surface area contributed by atoms with Crippen LogP contribution in [0, 0.1) is 0 Å². The van der Waals surface area contributed by atoms with E-state index in [0.717, 1.165) is 0 Å². The van der Waals surface area contributed by atoms with Gasteiger partial charge in [-0.1, -0.05) is 18.2 Å². The largest absolute Gasteiger partial charge is 0.340 e. The fraction of sp³-hybridized carbons (Fsp3) is 0.158. The standard InChI is InChI=1S/C19H18N4O4/c1-11(24)20-12-5-4-6-13(9-12)21-17(25)10-16-19(27)22-15-8-3-2-7-14(15)18(26)23-16/h2-9,16H,10H2,1H3,(H,20,24)(H,21,25)(H,22,27)(H,23,26). The van der Waals surface area contributed by atoms with Crippen molar-refractivity contribution >= 4 is 40.7 Å². The third-order valence-corrected chi connectivity index (χ3v) is 3.91. The number of amides is 4. The minimum atomic E-state index is -0.997. The first-order valence-corrected chi connectivity index (χ1v) is 8.30. The van der Waals surface area contributed by atoms with E-state index in [1.807, 2.05) is 0 Å². The number of hydrogen-bond donors (Lipinski definition) is 4. The lowest BCUT2D eigenvalue weighted by Crippen LogP contribution is -2.43. The Kier molecular flexibility index (Phi) is 5.16. The van der Waals surface area contributed by atoms with Gasteiger partial charge in [-0.25, -0.2) is 0 Å². The fourth-order valence-electron chi connectivity index (χ4n) is 2.73. The lowest BCUT2D eigenvalue weighted by Gasteiger charge is -2.14. The van der Waals surface area contributed by atoms with E-state index in [-0.39, 0.29) is 12.3 Å². The first kappa shape index (κ1) is 18.1. The summed E-state index contributed by atoms with van der Waals surface area (Å²) in [6.07, 6.45) is -0.226. The van der Waals surface area contributed by atoms with Crippen LogP contribution in [0.1, 0.15) is 23.7 Å². The van der Waals surface area contributed by atoms with E-state index < -0.39 is 23.8 Å². The zero-order chi connectivity index (χ0) is 19.4. The molecule has 0 saturated carbocycles. The Hall–Kier alpha value is -3.68. The van der Waals surface area contributed by atoms with Crippen molar-refractivity contribution in [3.63, 3.8) is 0 Å². The van der Waals surface area contributed by atoms with Gasteiger partial charge < -0.3 is 21.3 Å². The molecular weight excluding hydrogens is 348 g/mol. The van der Waals surface area contributed by atoms with Gasteiger partial charge in [0.2, 0.25) is 17.7 Å². The molecule has 0 aromatic heterocycles. The normalized spacial score (nSPS) is 15.7. The highest BCUT2D eigenvalue weighted by Gasteiger charge is 2.29. The Labute approximate surface area is 155 Å². The number of anilines is 3. The number of hydrogen-bond acceptors (Lipinski definition) is 4. The Morgan fingerprint density at radius 1 is 1.00 bits per heavy atom. The van der Waals surface area contributed by atoms with Crippen LogP contribution in [0.4, 0.5) is 17.1 Å². The highest BCUT2D eigenvalue weighted by atomic mass is 16.2. The van der Waals surface area contributed by atoms with E-state index in [1.165, 1.54) is 6.92 Å². The van der Waals surface area contributed by atoms with E-state index in [2.05, 4.69) is 21.3 Å². The summed E-state index contributed by atoms with van der Waals surface area (Å²) in [4.78, 5) is 48.0. The van der Waals surface area contributed by atoms with Gasteiger partial charge in [-0.15, -0.1) is 0 Å². The molecule has 0 aliphatic carbocycles. The quantitative estimate of drug-likeness (QED) is 0.659. The Morgan fingerprint density at radius 3 is 2.44 bits per heavy atom. The number of rotatable bonds is 4. The number of fused-ring (bicyclic) bond motifs is 1. The summed E-state index contributed by atoms with van der Waals surface area (Å²) in [5.74, 6) is -1.55. The average Bonchev–Trinajstić information content (AvgIpc) is 2.71. The van der Waals surface area contributed by atoms with Gasteiger partial charge in [0, 0.05) is 18.3 Å². The van der Waals surface area contributed by atoms with E-state index in [0.29, 0.717) is 22.6 Å². The van der Waals surface area contributed by atoms with Crippen LogP contribution in [0.25, 0.3) is 0 Å². The highest BCUT2D eigenvalue weighted by Crippen LogP contribution is 2.19. The molecule has 1 aliphatic heterocycles. The third-order valence-electron chi connectivity index (χ3n) is 3.91. The molecule has 1 heterocycles. The second-order valence-corrected chi connectivity index (χ2v) is 6.08. The summed E-state index contributed by atoms with van der Waals surface area (Å²) >= 11 is 0. The summed E-state index contributed by atoms with van der Waals surface area (Å²) in [6, 6.07) is 12.3. The molecule has 1 aliphatic rings. The van der Waals surface area contributed by atoms with Gasteiger partial charge in [-0.05, 0) is 30.3 Å². The number of carbonyl (C=O) groups excluding carboxylic acids is 4. The van der Waals surface area contributed by atoms with Crippen molar-refractivity contribution in [3.05, 3.63) is 54.1 Å². The van der Waals surface area contributed by atoms with Crippen molar-refractivity contribution in [2.75, 3.05) is 16.0 Å². The molecule has 4 amide bonds. The molecule has 8 nitrogen and oxygen atoms in total. The van der Waals surface area contributed by atoms with Crippen molar-refractivity contribution in [1.82, 2.24) is 5.32 Å². The lowest BCUT2D eigenvalue weighted by atomic mass is 10.1. The maximum Gasteiger partial charge on any atom is 0.254 e. The summed E-state index contributed by atoms with van der Waals surface area (Å²) < 4.78 is 0. The zero-order valence-electron chi connectivity index (χ0n) is 14.5. The smallest absolute Gasteiger partial charge is 0.254 e. The molecule has 0 fully saturated rings. The van der Waals surface area contributed by atoms with Crippen LogP contribution < -0.4 is 21.3 Å². The molecule has 0 bridgehead atoms. The van der Waals surface area contributed by atoms with Crippen LogP contribution in [0.5, 0.6) is 0 Å². The highest BCUT2D eigenvalue weighted by molar-refractivity contribution is 6.11. The van der Waals surface area contributed by atoms with Crippen LogP contribution in [0.2, 0.25) is 0 Å². The van der Waals surface area contributed by atoms with Crippen molar-refractivity contribution in [2.45, 2.75) is 19.4 Å². The third kappa shape index (κ3) is 4.49. The van der Waals surface area contributed by atoms with Gasteiger partial charge in [0.05, 0.1) is 17.7 Å². The number of carbonyl (C=O) groups is 4. The van der Waals surface area contributed by atoms with Gasteiger partial charge >= 0.3 is 0 Å². The molecular formula is C19H18N4O4. The second kappa shape index (κ2) is 7.69. The molecule has 4 N–H and O–H groups in total. The molecule has 27 heavy (non-hydrogen) atoms. The monoisotopic (exact) mass is 366 g/mol. The Morgan fingerprint density at radius 2 is 1.70 bits per heavy atom. The van der Waals surface area contributed by atoms with Gasteiger partial charge in [0.1, 0.15) is 6.04 Å². The van der Waals surface area contributed by atoms with Crippen LogP contribution in [0.15, 0.2) is 48.5 Å². The molecule has 138 valence electrons. The number of nitrogens with one attached hydrogen (secondary N) is 4. The summed E-state index contributed by atoms with van der Waals surface area (Å²) in [5, 5.41) is 10.5. The fourth-order valence-corrected chi connectivity index (χ4v) is 2.73. The summed E-state index contributed by atoms with van der Waals surface area (Å²) in [7, 11) is 0. The predicted octanol–water partition coefficient (Wildman–Crippen LogP) is 1.72. The van der Waals surface area contributed by atoms with E-state index in [9.17, 15) is 19.2 Å². The maximum atomic E-state index is 12.3. The van der Waals surface area contributed by atoms with Crippen molar-refractivity contribution in [1.29, 1.82) is 0 Å². The van der Waals surface area contributed by atoms with Crippen LogP contribution in [0.3, 0.4) is 0 Å². The Bertz CT molecular complexity index is 925. The molecule has 0 saturated heterocycles. The SMILES string of the molecule is CC(=O)Nc1cccc(NC(=O)CC2NC(=O)c3ccccc3NC2=O)c1. The van der Waals surface area contributed by atoms with Crippen molar-refractivity contribution < 1.29 is 19.2 Å². The molecule has 2 aromatic carbocycles. The van der Waals surface area contributed by atoms with Gasteiger partial charge in [-0.3, -0.25) is 19.2 Å².